The zero-order valence-electron chi connectivity index (χ0n) is 11.1. The van der Waals surface area contributed by atoms with Crippen molar-refractivity contribution in [2.45, 2.75) is 12.8 Å². The van der Waals surface area contributed by atoms with Crippen LogP contribution in [0.5, 0.6) is 11.5 Å². The number of methoxy groups -OCH3 is 1. The first-order valence-electron chi connectivity index (χ1n) is 6.03. The number of ether oxygens (including phenoxy) is 2. The van der Waals surface area contributed by atoms with Gasteiger partial charge in [-0.05, 0) is 40.3 Å². The lowest BCUT2D eigenvalue weighted by Crippen LogP contribution is -2.07. The van der Waals surface area contributed by atoms with Gasteiger partial charge >= 0.3 is 6.18 Å². The fourth-order valence-corrected chi connectivity index (χ4v) is 2.41. The molecule has 2 aromatic carbocycles. The van der Waals surface area contributed by atoms with Gasteiger partial charge in [0.15, 0.2) is 0 Å². The summed E-state index contributed by atoms with van der Waals surface area (Å²) in [6.45, 7) is 0.196. The van der Waals surface area contributed by atoms with E-state index in [1.807, 2.05) is 52.9 Å². The Morgan fingerprint density at radius 1 is 1.05 bits per heavy atom. The van der Waals surface area contributed by atoms with Crippen LogP contribution in [0.2, 0.25) is 0 Å². The second kappa shape index (κ2) is 6.55. The van der Waals surface area contributed by atoms with Crippen LogP contribution >= 0.6 is 22.6 Å². The Morgan fingerprint density at radius 2 is 1.67 bits per heavy atom. The minimum absolute atomic E-state index is 0.147. The van der Waals surface area contributed by atoms with E-state index in [1.54, 1.807) is 0 Å². The molecule has 0 aromatic heterocycles. The summed E-state index contributed by atoms with van der Waals surface area (Å²) >= 11 is 1.91. The molecular formula is C15H12F3IO2. The van der Waals surface area contributed by atoms with Crippen LogP contribution in [-0.2, 0) is 12.8 Å². The lowest BCUT2D eigenvalue weighted by atomic mass is 10.2. The quantitative estimate of drug-likeness (QED) is 0.671. The fourth-order valence-electron chi connectivity index (χ4n) is 1.72. The van der Waals surface area contributed by atoms with Crippen LogP contribution in [0.15, 0.2) is 42.5 Å². The molecule has 0 aliphatic heterocycles. The van der Waals surface area contributed by atoms with Gasteiger partial charge in [0.05, 0.1) is 16.2 Å². The van der Waals surface area contributed by atoms with E-state index in [1.165, 1.54) is 7.11 Å². The predicted octanol–water partition coefficient (Wildman–Crippen LogP) is 4.90. The highest BCUT2D eigenvalue weighted by atomic mass is 127. The van der Waals surface area contributed by atoms with E-state index in [2.05, 4.69) is 0 Å². The zero-order chi connectivity index (χ0) is 15.5. The summed E-state index contributed by atoms with van der Waals surface area (Å²) < 4.78 is 49.6. The average Bonchev–Trinajstić information content (AvgIpc) is 2.46. The van der Waals surface area contributed by atoms with E-state index in [9.17, 15) is 13.2 Å². The zero-order valence-corrected chi connectivity index (χ0v) is 13.2. The average molecular weight is 408 g/mol. The van der Waals surface area contributed by atoms with E-state index < -0.39 is 11.7 Å². The number of halogens is 4. The Hall–Kier alpha value is -1.44. The van der Waals surface area contributed by atoms with Crippen molar-refractivity contribution in [1.82, 2.24) is 0 Å². The van der Waals surface area contributed by atoms with E-state index >= 15 is 0 Å². The smallest absolute Gasteiger partial charge is 0.416 e. The van der Waals surface area contributed by atoms with Crippen molar-refractivity contribution < 1.29 is 22.6 Å². The Labute approximate surface area is 134 Å². The monoisotopic (exact) mass is 408 g/mol. The summed E-state index contributed by atoms with van der Waals surface area (Å²) in [6.07, 6.45) is -4.44. The topological polar surface area (TPSA) is 18.5 Å². The Balaban J connectivity index is 2.29. The first-order chi connectivity index (χ1) is 9.91. The Bertz CT molecular complexity index is 612. The molecular weight excluding hydrogens is 396 g/mol. The summed E-state index contributed by atoms with van der Waals surface area (Å²) in [5, 5.41) is 0. The van der Waals surface area contributed by atoms with Crippen LogP contribution < -0.4 is 9.47 Å². The second-order valence-electron chi connectivity index (χ2n) is 4.26. The van der Waals surface area contributed by atoms with Gasteiger partial charge in [-0.3, -0.25) is 0 Å². The maximum atomic E-state index is 12.9. The second-order valence-corrected chi connectivity index (χ2v) is 5.34. The predicted molar refractivity (Wildman–Crippen MR) is 81.5 cm³/mol. The number of alkyl halides is 3. The van der Waals surface area contributed by atoms with Gasteiger partial charge in [-0.1, -0.05) is 30.3 Å². The maximum Gasteiger partial charge on any atom is 0.416 e. The van der Waals surface area contributed by atoms with Gasteiger partial charge in [-0.25, -0.2) is 0 Å². The van der Waals surface area contributed by atoms with Gasteiger partial charge in [0.2, 0.25) is 0 Å². The van der Waals surface area contributed by atoms with Crippen LogP contribution in [0, 0.1) is 3.57 Å². The number of benzene rings is 2. The van der Waals surface area contributed by atoms with Crippen LogP contribution in [0.1, 0.15) is 11.1 Å². The van der Waals surface area contributed by atoms with Crippen molar-refractivity contribution in [3.05, 3.63) is 57.2 Å². The summed E-state index contributed by atoms with van der Waals surface area (Å²) in [7, 11) is 1.33. The molecule has 0 aliphatic carbocycles. The third kappa shape index (κ3) is 4.03. The molecule has 0 saturated carbocycles. The van der Waals surface area contributed by atoms with E-state index in [-0.39, 0.29) is 18.1 Å². The normalized spacial score (nSPS) is 11.3. The fraction of sp³-hybridized carbons (Fsp3) is 0.200. The highest BCUT2D eigenvalue weighted by Gasteiger charge is 2.32. The van der Waals surface area contributed by atoms with Crippen LogP contribution in [0.4, 0.5) is 13.2 Å². The standard InChI is InChI=1S/C15H12F3IO2/c1-20-12-7-11(15(16,17)18)8-13(14(12)19)21-9-10-5-3-2-4-6-10/h2-8H,9H2,1H3. The molecule has 0 unspecified atom stereocenters. The Kier molecular flexibility index (Phi) is 4.97. The summed E-state index contributed by atoms with van der Waals surface area (Å²) in [5.41, 5.74) is 0.0903. The van der Waals surface area contributed by atoms with Gasteiger partial charge in [-0.2, -0.15) is 13.2 Å². The molecule has 0 fully saturated rings. The molecule has 0 amide bonds. The Morgan fingerprint density at radius 3 is 2.24 bits per heavy atom. The van der Waals surface area contributed by atoms with Crippen molar-refractivity contribution >= 4 is 22.6 Å². The molecule has 112 valence electrons. The highest BCUT2D eigenvalue weighted by molar-refractivity contribution is 14.1. The van der Waals surface area contributed by atoms with Gasteiger partial charge < -0.3 is 9.47 Å². The van der Waals surface area contributed by atoms with Crippen molar-refractivity contribution in [2.75, 3.05) is 7.11 Å². The maximum absolute atomic E-state index is 12.9. The van der Waals surface area contributed by atoms with Crippen molar-refractivity contribution in [1.29, 1.82) is 0 Å². The molecule has 0 aliphatic rings. The van der Waals surface area contributed by atoms with Crippen LogP contribution in [0.25, 0.3) is 0 Å². The third-order valence-electron chi connectivity index (χ3n) is 2.79. The molecule has 6 heteroatoms. The summed E-state index contributed by atoms with van der Waals surface area (Å²) in [5.74, 6) is 0.305. The molecule has 2 aromatic rings. The number of hydrogen-bond acceptors (Lipinski definition) is 2. The minimum atomic E-state index is -4.44. The van der Waals surface area contributed by atoms with E-state index in [4.69, 9.17) is 9.47 Å². The van der Waals surface area contributed by atoms with Gasteiger partial charge in [0.25, 0.3) is 0 Å². The number of hydrogen-bond donors (Lipinski definition) is 0. The molecule has 2 nitrogen and oxygen atoms in total. The molecule has 0 saturated heterocycles. The summed E-state index contributed by atoms with van der Waals surface area (Å²) in [4.78, 5) is 0. The number of rotatable bonds is 4. The lowest BCUT2D eigenvalue weighted by Gasteiger charge is -2.15. The van der Waals surface area contributed by atoms with Crippen LogP contribution in [0.3, 0.4) is 0 Å². The van der Waals surface area contributed by atoms with Crippen molar-refractivity contribution in [3.63, 3.8) is 0 Å². The lowest BCUT2D eigenvalue weighted by molar-refractivity contribution is -0.137. The molecule has 0 heterocycles. The largest absolute Gasteiger partial charge is 0.495 e. The van der Waals surface area contributed by atoms with Gasteiger partial charge in [0.1, 0.15) is 18.1 Å². The first kappa shape index (κ1) is 15.9. The van der Waals surface area contributed by atoms with Crippen molar-refractivity contribution in [3.8, 4) is 11.5 Å². The minimum Gasteiger partial charge on any atom is -0.495 e. The third-order valence-corrected chi connectivity index (χ3v) is 3.85. The molecule has 0 spiro atoms. The first-order valence-corrected chi connectivity index (χ1v) is 7.11. The molecule has 21 heavy (non-hydrogen) atoms. The van der Waals surface area contributed by atoms with Gasteiger partial charge in [-0.15, -0.1) is 0 Å². The molecule has 0 bridgehead atoms. The van der Waals surface area contributed by atoms with E-state index in [0.717, 1.165) is 17.7 Å². The SMILES string of the molecule is COc1cc(C(F)(F)F)cc(OCc2ccccc2)c1I. The van der Waals surface area contributed by atoms with Gasteiger partial charge in [0, 0.05) is 0 Å². The molecule has 0 atom stereocenters. The molecule has 2 rings (SSSR count). The molecule has 0 N–H and O–H groups in total. The highest BCUT2D eigenvalue weighted by Crippen LogP contribution is 2.39. The molecule has 0 radical (unpaired) electrons. The van der Waals surface area contributed by atoms with E-state index in [0.29, 0.717) is 3.57 Å². The van der Waals surface area contributed by atoms with Crippen molar-refractivity contribution in [2.24, 2.45) is 0 Å². The summed E-state index contributed by atoms with van der Waals surface area (Å²) in [6, 6.07) is 11.2. The van der Waals surface area contributed by atoms with Crippen LogP contribution in [-0.4, -0.2) is 7.11 Å².